The summed E-state index contributed by atoms with van der Waals surface area (Å²) in [5.41, 5.74) is 2.69. The molecule has 1 unspecified atom stereocenters. The van der Waals surface area contributed by atoms with E-state index < -0.39 is 0 Å². The maximum Gasteiger partial charge on any atom is 0.0473 e. The van der Waals surface area contributed by atoms with E-state index in [1.165, 1.54) is 17.7 Å². The summed E-state index contributed by atoms with van der Waals surface area (Å²) in [7, 11) is 0. The van der Waals surface area contributed by atoms with E-state index >= 15 is 0 Å². The summed E-state index contributed by atoms with van der Waals surface area (Å²) in [4.78, 5) is 0. The predicted molar refractivity (Wildman–Crippen MR) is 76.6 cm³/mol. The highest BCUT2D eigenvalue weighted by Crippen LogP contribution is 2.08. The van der Waals surface area contributed by atoms with Crippen LogP contribution >= 0.6 is 0 Å². The van der Waals surface area contributed by atoms with Gasteiger partial charge in [0.1, 0.15) is 0 Å². The average molecular weight is 242 g/mol. The molecule has 0 radical (unpaired) electrons. The summed E-state index contributed by atoms with van der Waals surface area (Å²) in [6.07, 6.45) is 3.32. The van der Waals surface area contributed by atoms with Crippen LogP contribution in [0.5, 0.6) is 0 Å². The Bertz CT molecular complexity index is 459. The molecule has 2 rings (SSSR count). The third-order valence-corrected chi connectivity index (χ3v) is 3.36. The summed E-state index contributed by atoms with van der Waals surface area (Å²) < 4.78 is 2.31. The van der Waals surface area contributed by atoms with Crippen molar-refractivity contribution in [1.29, 1.82) is 0 Å². The largest absolute Gasteiger partial charge is 0.346 e. The van der Waals surface area contributed by atoms with Crippen LogP contribution in [0.4, 0.5) is 0 Å². The molecule has 0 saturated heterocycles. The van der Waals surface area contributed by atoms with Crippen LogP contribution in [0.3, 0.4) is 0 Å². The zero-order valence-corrected chi connectivity index (χ0v) is 11.3. The Morgan fingerprint density at radius 1 is 1.11 bits per heavy atom. The van der Waals surface area contributed by atoms with E-state index in [1.807, 2.05) is 0 Å². The lowest BCUT2D eigenvalue weighted by Crippen LogP contribution is -2.25. The zero-order valence-electron chi connectivity index (χ0n) is 11.3. The van der Waals surface area contributed by atoms with Crippen LogP contribution in [0.2, 0.25) is 0 Å². The van der Waals surface area contributed by atoms with E-state index in [4.69, 9.17) is 0 Å². The van der Waals surface area contributed by atoms with Crippen molar-refractivity contribution in [2.24, 2.45) is 0 Å². The molecular formula is C16H22N2. The van der Waals surface area contributed by atoms with E-state index in [1.54, 1.807) is 0 Å². The number of hydrogen-bond donors (Lipinski definition) is 1. The minimum atomic E-state index is 0.574. The van der Waals surface area contributed by atoms with Gasteiger partial charge in [-0.2, -0.15) is 0 Å². The number of nitrogens with zero attached hydrogens (tertiary/aromatic N) is 1. The van der Waals surface area contributed by atoms with Gasteiger partial charge in [0.25, 0.3) is 0 Å². The molecule has 96 valence electrons. The molecule has 0 bridgehead atoms. The van der Waals surface area contributed by atoms with E-state index in [9.17, 15) is 0 Å². The van der Waals surface area contributed by atoms with Crippen molar-refractivity contribution in [2.45, 2.75) is 39.4 Å². The van der Waals surface area contributed by atoms with Crippen molar-refractivity contribution in [3.8, 4) is 0 Å². The highest BCUT2D eigenvalue weighted by Gasteiger charge is 2.03. The van der Waals surface area contributed by atoms with Crippen LogP contribution in [0.15, 0.2) is 48.7 Å². The lowest BCUT2D eigenvalue weighted by molar-refractivity contribution is 0.519. The van der Waals surface area contributed by atoms with Crippen molar-refractivity contribution in [3.05, 3.63) is 59.9 Å². The molecule has 2 aromatic rings. The Kier molecular flexibility index (Phi) is 4.59. The van der Waals surface area contributed by atoms with Gasteiger partial charge in [0, 0.05) is 31.0 Å². The molecule has 1 aromatic heterocycles. The maximum absolute atomic E-state index is 3.54. The van der Waals surface area contributed by atoms with Crippen LogP contribution < -0.4 is 5.32 Å². The minimum Gasteiger partial charge on any atom is -0.346 e. The summed E-state index contributed by atoms with van der Waals surface area (Å²) in [5, 5.41) is 3.54. The Morgan fingerprint density at radius 2 is 1.89 bits per heavy atom. The molecule has 1 atom stereocenters. The van der Waals surface area contributed by atoms with Gasteiger partial charge >= 0.3 is 0 Å². The Labute approximate surface area is 110 Å². The van der Waals surface area contributed by atoms with Crippen molar-refractivity contribution in [3.63, 3.8) is 0 Å². The molecule has 2 nitrogen and oxygen atoms in total. The highest BCUT2D eigenvalue weighted by molar-refractivity contribution is 5.17. The number of aromatic nitrogens is 1. The highest BCUT2D eigenvalue weighted by atomic mass is 15.0. The van der Waals surface area contributed by atoms with Gasteiger partial charge < -0.3 is 9.88 Å². The number of nitrogens with one attached hydrogen (secondary N) is 1. The van der Waals surface area contributed by atoms with E-state index in [0.717, 1.165) is 13.1 Å². The molecule has 1 aromatic carbocycles. The maximum atomic E-state index is 3.54. The standard InChI is InChI=1S/C16H22N2/c1-3-14(2)17-12-16-10-7-11-18(16)13-15-8-5-4-6-9-15/h4-11,14,17H,3,12-13H2,1-2H3. The van der Waals surface area contributed by atoms with Crippen LogP contribution in [-0.2, 0) is 13.1 Å². The van der Waals surface area contributed by atoms with Gasteiger partial charge in [-0.25, -0.2) is 0 Å². The summed E-state index contributed by atoms with van der Waals surface area (Å²) in [5.74, 6) is 0. The first-order valence-corrected chi connectivity index (χ1v) is 6.71. The molecular weight excluding hydrogens is 220 g/mol. The minimum absolute atomic E-state index is 0.574. The molecule has 18 heavy (non-hydrogen) atoms. The fourth-order valence-corrected chi connectivity index (χ4v) is 1.97. The zero-order chi connectivity index (χ0) is 12.8. The summed E-state index contributed by atoms with van der Waals surface area (Å²) in [6.45, 7) is 6.32. The number of hydrogen-bond acceptors (Lipinski definition) is 1. The van der Waals surface area contributed by atoms with Crippen LogP contribution in [0.1, 0.15) is 31.5 Å². The Morgan fingerprint density at radius 3 is 2.61 bits per heavy atom. The van der Waals surface area contributed by atoms with Crippen molar-refractivity contribution < 1.29 is 0 Å². The molecule has 0 fully saturated rings. The lowest BCUT2D eigenvalue weighted by atomic mass is 10.2. The van der Waals surface area contributed by atoms with Gasteiger partial charge in [-0.3, -0.25) is 0 Å². The second-order valence-electron chi connectivity index (χ2n) is 4.80. The first-order chi connectivity index (χ1) is 8.79. The smallest absolute Gasteiger partial charge is 0.0473 e. The van der Waals surface area contributed by atoms with E-state index in [0.29, 0.717) is 6.04 Å². The van der Waals surface area contributed by atoms with Gasteiger partial charge in [-0.1, -0.05) is 37.3 Å². The molecule has 1 heterocycles. The third-order valence-electron chi connectivity index (χ3n) is 3.36. The number of benzene rings is 1. The SMILES string of the molecule is CCC(C)NCc1cccn1Cc1ccccc1. The Hall–Kier alpha value is -1.54. The fraction of sp³-hybridized carbons (Fsp3) is 0.375. The second-order valence-corrected chi connectivity index (χ2v) is 4.80. The van der Waals surface area contributed by atoms with Gasteiger partial charge in [-0.15, -0.1) is 0 Å². The van der Waals surface area contributed by atoms with E-state index in [2.05, 4.69) is 72.4 Å². The van der Waals surface area contributed by atoms with Gasteiger partial charge in [0.2, 0.25) is 0 Å². The summed E-state index contributed by atoms with van der Waals surface area (Å²) >= 11 is 0. The Balaban J connectivity index is 1.99. The molecule has 2 heteroatoms. The quantitative estimate of drug-likeness (QED) is 0.821. The number of rotatable bonds is 6. The van der Waals surface area contributed by atoms with Gasteiger partial charge in [0.15, 0.2) is 0 Å². The molecule has 0 saturated carbocycles. The molecule has 0 aliphatic rings. The van der Waals surface area contributed by atoms with Crippen LogP contribution in [-0.4, -0.2) is 10.6 Å². The second kappa shape index (κ2) is 6.41. The third kappa shape index (κ3) is 3.47. The van der Waals surface area contributed by atoms with Crippen molar-refractivity contribution >= 4 is 0 Å². The summed E-state index contributed by atoms with van der Waals surface area (Å²) in [6, 6.07) is 15.5. The fourth-order valence-electron chi connectivity index (χ4n) is 1.97. The molecule has 0 amide bonds. The predicted octanol–water partition coefficient (Wildman–Crippen LogP) is 3.42. The van der Waals surface area contributed by atoms with Gasteiger partial charge in [-0.05, 0) is 31.0 Å². The topological polar surface area (TPSA) is 17.0 Å². The molecule has 1 N–H and O–H groups in total. The molecule has 0 aliphatic heterocycles. The van der Waals surface area contributed by atoms with Crippen LogP contribution in [0, 0.1) is 0 Å². The first-order valence-electron chi connectivity index (χ1n) is 6.71. The van der Waals surface area contributed by atoms with Crippen molar-refractivity contribution in [2.75, 3.05) is 0 Å². The van der Waals surface area contributed by atoms with Gasteiger partial charge in [0.05, 0.1) is 0 Å². The molecule has 0 aliphatic carbocycles. The van der Waals surface area contributed by atoms with E-state index in [-0.39, 0.29) is 0 Å². The lowest BCUT2D eigenvalue weighted by Gasteiger charge is -2.14. The van der Waals surface area contributed by atoms with Crippen molar-refractivity contribution in [1.82, 2.24) is 9.88 Å². The average Bonchev–Trinajstić information content (AvgIpc) is 2.84. The van der Waals surface area contributed by atoms with Crippen LogP contribution in [0.25, 0.3) is 0 Å². The first kappa shape index (κ1) is 12.9. The normalized spacial score (nSPS) is 12.6. The monoisotopic (exact) mass is 242 g/mol. The molecule has 0 spiro atoms.